The summed E-state index contributed by atoms with van der Waals surface area (Å²) in [5.74, 6) is -0.332. The molecule has 1 fully saturated rings. The maximum Gasteiger partial charge on any atom is 0.303 e. The number of carbonyl (C=O) groups is 3. The largest absolute Gasteiger partial charge is 0.461 e. The molecule has 0 aromatic heterocycles. The zero-order valence-electron chi connectivity index (χ0n) is 18.8. The summed E-state index contributed by atoms with van der Waals surface area (Å²) in [6.07, 6.45) is -5.15. The summed E-state index contributed by atoms with van der Waals surface area (Å²) >= 11 is 2.06. The van der Waals surface area contributed by atoms with Crippen LogP contribution in [0.5, 0.6) is 17.2 Å². The maximum absolute atomic E-state index is 11.9. The third kappa shape index (κ3) is 7.07. The molecule has 0 spiro atoms. The number of esters is 3. The fourth-order valence-electron chi connectivity index (χ4n) is 3.44. The van der Waals surface area contributed by atoms with Crippen LogP contribution in [0.15, 0.2) is 54.6 Å². The van der Waals surface area contributed by atoms with Crippen LogP contribution in [0.1, 0.15) is 20.8 Å². The van der Waals surface area contributed by atoms with Crippen molar-refractivity contribution < 1.29 is 42.8 Å². The second-order valence-corrected chi connectivity index (χ2v) is 8.31. The van der Waals surface area contributed by atoms with Crippen LogP contribution in [0, 0.1) is 0 Å². The van der Waals surface area contributed by atoms with Crippen molar-refractivity contribution >= 4 is 40.5 Å². The van der Waals surface area contributed by atoms with Gasteiger partial charge < -0.3 is 28.4 Å². The van der Waals surface area contributed by atoms with Gasteiger partial charge in [0.25, 0.3) is 0 Å². The Morgan fingerprint density at radius 1 is 0.765 bits per heavy atom. The molecule has 0 N–H and O–H groups in total. The lowest BCUT2D eigenvalue weighted by Crippen LogP contribution is -2.63. The smallest absolute Gasteiger partial charge is 0.303 e. The lowest BCUT2D eigenvalue weighted by molar-refractivity contribution is -0.279. The Kier molecular flexibility index (Phi) is 9.11. The molecule has 0 amide bonds. The SMILES string of the molecule is CC(=O)O[C@H]1[C@@H](OC(C)=O)[C@@H](Oc2cccc(Oc3ccccc3)c2)O[C@H](CI)[C@H]1OC(C)=O. The molecule has 1 aliphatic heterocycles. The van der Waals surface area contributed by atoms with Crippen LogP contribution >= 0.6 is 22.6 Å². The first kappa shape index (κ1) is 25.8. The fourth-order valence-corrected chi connectivity index (χ4v) is 4.15. The van der Waals surface area contributed by atoms with E-state index in [1.807, 2.05) is 30.3 Å². The minimum Gasteiger partial charge on any atom is -0.461 e. The molecule has 1 saturated heterocycles. The van der Waals surface area contributed by atoms with Gasteiger partial charge in [0.1, 0.15) is 23.4 Å². The number of carbonyl (C=O) groups excluding carboxylic acids is 3. The number of para-hydroxylation sites is 1. The molecule has 182 valence electrons. The van der Waals surface area contributed by atoms with E-state index in [0.717, 1.165) is 0 Å². The van der Waals surface area contributed by atoms with Gasteiger partial charge in [-0.05, 0) is 24.3 Å². The fraction of sp³-hybridized carbons (Fsp3) is 0.375. The molecule has 5 atom stereocenters. The third-order valence-corrected chi connectivity index (χ3v) is 5.55. The summed E-state index contributed by atoms with van der Waals surface area (Å²) in [4.78, 5) is 35.4. The van der Waals surface area contributed by atoms with Crippen LogP contribution in [-0.2, 0) is 33.3 Å². The first-order chi connectivity index (χ1) is 16.3. The van der Waals surface area contributed by atoms with Crippen LogP contribution in [0.3, 0.4) is 0 Å². The predicted octanol–water partition coefficient (Wildman–Crippen LogP) is 3.81. The predicted molar refractivity (Wildman–Crippen MR) is 128 cm³/mol. The topological polar surface area (TPSA) is 107 Å². The zero-order chi connectivity index (χ0) is 24.7. The van der Waals surface area contributed by atoms with Crippen molar-refractivity contribution in [3.63, 3.8) is 0 Å². The number of halogens is 1. The van der Waals surface area contributed by atoms with E-state index >= 15 is 0 Å². The zero-order valence-corrected chi connectivity index (χ0v) is 21.0. The molecule has 9 nitrogen and oxygen atoms in total. The standard InChI is InChI=1S/C24H25IO9/c1-14(26)29-21-20(13-25)34-24(23(31-16(3)28)22(21)30-15(2)27)33-19-11-7-10-18(12-19)32-17-8-5-4-6-9-17/h4-12,20-24H,13H2,1-3H3/t20-,21-,22-,23-,24+/m1/s1. The monoisotopic (exact) mass is 584 g/mol. The number of hydrogen-bond acceptors (Lipinski definition) is 9. The van der Waals surface area contributed by atoms with E-state index in [1.165, 1.54) is 20.8 Å². The highest BCUT2D eigenvalue weighted by atomic mass is 127. The van der Waals surface area contributed by atoms with Crippen LogP contribution in [0.25, 0.3) is 0 Å². The normalized spacial score (nSPS) is 23.9. The van der Waals surface area contributed by atoms with E-state index in [-0.39, 0.29) is 0 Å². The van der Waals surface area contributed by atoms with Crippen molar-refractivity contribution in [2.75, 3.05) is 4.43 Å². The van der Waals surface area contributed by atoms with E-state index in [2.05, 4.69) is 22.6 Å². The number of alkyl halides is 1. The van der Waals surface area contributed by atoms with Gasteiger partial charge in [-0.3, -0.25) is 14.4 Å². The van der Waals surface area contributed by atoms with E-state index in [9.17, 15) is 14.4 Å². The van der Waals surface area contributed by atoms with E-state index in [1.54, 1.807) is 24.3 Å². The van der Waals surface area contributed by atoms with Gasteiger partial charge in [0.15, 0.2) is 12.2 Å². The molecule has 0 unspecified atom stereocenters. The lowest BCUT2D eigenvalue weighted by atomic mass is 9.99. The molecule has 0 radical (unpaired) electrons. The Labute approximate surface area is 210 Å². The average molecular weight is 584 g/mol. The number of benzene rings is 2. The number of rotatable bonds is 8. The van der Waals surface area contributed by atoms with Crippen LogP contribution in [0.2, 0.25) is 0 Å². The van der Waals surface area contributed by atoms with Gasteiger partial charge in [0, 0.05) is 31.3 Å². The molecule has 3 rings (SSSR count). The minimum absolute atomic E-state index is 0.371. The highest BCUT2D eigenvalue weighted by Crippen LogP contribution is 2.33. The molecule has 0 bridgehead atoms. The molecule has 0 saturated carbocycles. The average Bonchev–Trinajstić information content (AvgIpc) is 2.77. The second kappa shape index (κ2) is 12.0. The van der Waals surface area contributed by atoms with Crippen molar-refractivity contribution in [2.24, 2.45) is 0 Å². The highest BCUT2D eigenvalue weighted by Gasteiger charge is 2.52. The molecule has 1 aliphatic rings. The Bertz CT molecular complexity index is 997. The van der Waals surface area contributed by atoms with Gasteiger partial charge in [-0.25, -0.2) is 0 Å². The summed E-state index contributed by atoms with van der Waals surface area (Å²) in [7, 11) is 0. The molecule has 2 aromatic carbocycles. The maximum atomic E-state index is 11.9. The molecule has 10 heteroatoms. The molecule has 0 aliphatic carbocycles. The van der Waals surface area contributed by atoms with Crippen molar-refractivity contribution in [2.45, 2.75) is 51.5 Å². The first-order valence-corrected chi connectivity index (χ1v) is 12.0. The van der Waals surface area contributed by atoms with Gasteiger partial charge in [0.2, 0.25) is 12.4 Å². The molecular formula is C24H25IO9. The van der Waals surface area contributed by atoms with E-state index < -0.39 is 48.6 Å². The van der Waals surface area contributed by atoms with Crippen molar-refractivity contribution in [3.8, 4) is 17.2 Å². The van der Waals surface area contributed by atoms with Crippen LogP contribution < -0.4 is 9.47 Å². The number of hydrogen-bond donors (Lipinski definition) is 0. The summed E-state index contributed by atoms with van der Waals surface area (Å²) < 4.78 is 34.5. The Balaban J connectivity index is 1.89. The van der Waals surface area contributed by atoms with Crippen LogP contribution in [-0.4, -0.2) is 53.0 Å². The van der Waals surface area contributed by atoms with Gasteiger partial charge >= 0.3 is 17.9 Å². The molecule has 34 heavy (non-hydrogen) atoms. The summed E-state index contributed by atoms with van der Waals surface area (Å²) in [5.41, 5.74) is 0. The van der Waals surface area contributed by atoms with Crippen molar-refractivity contribution in [1.82, 2.24) is 0 Å². The van der Waals surface area contributed by atoms with Crippen molar-refractivity contribution in [3.05, 3.63) is 54.6 Å². The van der Waals surface area contributed by atoms with Crippen molar-refractivity contribution in [1.29, 1.82) is 0 Å². The highest BCUT2D eigenvalue weighted by molar-refractivity contribution is 14.1. The van der Waals surface area contributed by atoms with Gasteiger partial charge in [-0.15, -0.1) is 0 Å². The lowest BCUT2D eigenvalue weighted by Gasteiger charge is -2.43. The van der Waals surface area contributed by atoms with Crippen LogP contribution in [0.4, 0.5) is 0 Å². The summed E-state index contributed by atoms with van der Waals surface area (Å²) in [5, 5.41) is 0. The van der Waals surface area contributed by atoms with E-state index in [4.69, 9.17) is 28.4 Å². The Hall–Kier alpha value is -2.86. The summed E-state index contributed by atoms with van der Waals surface area (Å²) in [6.45, 7) is 3.66. The Morgan fingerprint density at radius 2 is 1.32 bits per heavy atom. The first-order valence-electron chi connectivity index (χ1n) is 10.5. The van der Waals surface area contributed by atoms with E-state index in [0.29, 0.717) is 21.7 Å². The Morgan fingerprint density at radius 3 is 1.94 bits per heavy atom. The molecular weight excluding hydrogens is 559 g/mol. The molecule has 2 aromatic rings. The minimum atomic E-state index is -1.19. The second-order valence-electron chi connectivity index (χ2n) is 7.43. The van der Waals surface area contributed by atoms with Gasteiger partial charge in [0.05, 0.1) is 0 Å². The van der Waals surface area contributed by atoms with Gasteiger partial charge in [-0.2, -0.15) is 0 Å². The summed E-state index contributed by atoms with van der Waals surface area (Å²) in [6, 6.07) is 16.1. The van der Waals surface area contributed by atoms with Gasteiger partial charge in [-0.1, -0.05) is 46.9 Å². The number of ether oxygens (including phenoxy) is 6. The third-order valence-electron chi connectivity index (χ3n) is 4.69. The quantitative estimate of drug-likeness (QED) is 0.198. The molecule has 1 heterocycles.